The number of aryl methyl sites for hydroxylation is 1. The number of phenols is 1. The third-order valence-corrected chi connectivity index (χ3v) is 2.68. The number of aromatic hydroxyl groups is 1. The van der Waals surface area contributed by atoms with Crippen LogP contribution in [0.25, 0.3) is 0 Å². The summed E-state index contributed by atoms with van der Waals surface area (Å²) in [6, 6.07) is 7.14. The normalized spacial score (nSPS) is 14.9. The molecule has 3 nitrogen and oxygen atoms in total. The second-order valence-electron chi connectivity index (χ2n) is 3.98. The zero-order valence-electron chi connectivity index (χ0n) is 9.23. The lowest BCUT2D eigenvalue weighted by Crippen LogP contribution is -2.32. The molecule has 0 aliphatic carbocycles. The van der Waals surface area contributed by atoms with E-state index in [4.69, 9.17) is 9.84 Å². The van der Waals surface area contributed by atoms with Crippen LogP contribution in [-0.2, 0) is 11.2 Å². The van der Waals surface area contributed by atoms with E-state index in [2.05, 4.69) is 0 Å². The van der Waals surface area contributed by atoms with Crippen LogP contribution < -0.4 is 0 Å². The highest BCUT2D eigenvalue weighted by atomic mass is 16.5. The van der Waals surface area contributed by atoms with E-state index < -0.39 is 5.60 Å². The molecule has 84 valence electrons. The first-order valence-corrected chi connectivity index (χ1v) is 5.03. The quantitative estimate of drug-likeness (QED) is 0.778. The second-order valence-corrected chi connectivity index (χ2v) is 3.98. The Morgan fingerprint density at radius 2 is 2.13 bits per heavy atom. The van der Waals surface area contributed by atoms with E-state index in [9.17, 15) is 5.11 Å². The molecule has 0 aliphatic heterocycles. The van der Waals surface area contributed by atoms with Gasteiger partial charge in [-0.25, -0.2) is 0 Å². The van der Waals surface area contributed by atoms with E-state index in [-0.39, 0.29) is 12.4 Å². The Hall–Kier alpha value is -1.06. The summed E-state index contributed by atoms with van der Waals surface area (Å²) in [6.45, 7) is 1.87. The molecule has 1 unspecified atom stereocenters. The Kier molecular flexibility index (Phi) is 4.12. The molecule has 0 bridgehead atoms. The topological polar surface area (TPSA) is 49.7 Å². The molecule has 3 heteroatoms. The maximum absolute atomic E-state index is 9.28. The molecular weight excluding hydrogens is 192 g/mol. The molecule has 1 aromatic carbocycles. The summed E-state index contributed by atoms with van der Waals surface area (Å²) in [5, 5.41) is 18.4. The number of benzene rings is 1. The number of methoxy groups -OCH3 is 1. The van der Waals surface area contributed by atoms with E-state index in [0.717, 1.165) is 18.4 Å². The molecular formula is C12H18O3. The Morgan fingerprint density at radius 1 is 1.40 bits per heavy atom. The van der Waals surface area contributed by atoms with Crippen LogP contribution in [0.5, 0.6) is 5.75 Å². The van der Waals surface area contributed by atoms with Gasteiger partial charge in [-0.15, -0.1) is 0 Å². The molecule has 0 amide bonds. The second kappa shape index (κ2) is 5.14. The van der Waals surface area contributed by atoms with Crippen LogP contribution in [0.2, 0.25) is 0 Å². The van der Waals surface area contributed by atoms with Gasteiger partial charge in [0, 0.05) is 7.11 Å². The first-order chi connectivity index (χ1) is 7.09. The van der Waals surface area contributed by atoms with Crippen LogP contribution in [-0.4, -0.2) is 29.5 Å². The average Bonchev–Trinajstić information content (AvgIpc) is 2.26. The van der Waals surface area contributed by atoms with Crippen LogP contribution in [0.4, 0.5) is 0 Å². The van der Waals surface area contributed by atoms with Crippen molar-refractivity contribution in [3.8, 4) is 5.75 Å². The van der Waals surface area contributed by atoms with Gasteiger partial charge in [0.05, 0.1) is 12.2 Å². The summed E-state index contributed by atoms with van der Waals surface area (Å²) < 4.78 is 5.23. The van der Waals surface area contributed by atoms with Crippen molar-refractivity contribution in [2.75, 3.05) is 13.7 Å². The molecule has 0 aromatic heterocycles. The van der Waals surface area contributed by atoms with Gasteiger partial charge >= 0.3 is 0 Å². The van der Waals surface area contributed by atoms with Gasteiger partial charge in [0.1, 0.15) is 5.75 Å². The van der Waals surface area contributed by atoms with Crippen molar-refractivity contribution < 1.29 is 14.9 Å². The SMILES string of the molecule is COC(C)(CO)CCc1cccc(O)c1. The zero-order valence-corrected chi connectivity index (χ0v) is 9.23. The number of rotatable bonds is 5. The highest BCUT2D eigenvalue weighted by Crippen LogP contribution is 2.19. The Balaban J connectivity index is 2.56. The summed E-state index contributed by atoms with van der Waals surface area (Å²) >= 11 is 0. The Morgan fingerprint density at radius 3 is 2.67 bits per heavy atom. The summed E-state index contributed by atoms with van der Waals surface area (Å²) in [5.41, 5.74) is 0.553. The molecule has 1 aromatic rings. The lowest BCUT2D eigenvalue weighted by atomic mass is 9.97. The van der Waals surface area contributed by atoms with Crippen LogP contribution in [0.1, 0.15) is 18.9 Å². The van der Waals surface area contributed by atoms with Crippen LogP contribution in [0.3, 0.4) is 0 Å². The molecule has 2 N–H and O–H groups in total. The lowest BCUT2D eigenvalue weighted by molar-refractivity contribution is -0.0429. The minimum absolute atomic E-state index is 0.00230. The smallest absolute Gasteiger partial charge is 0.115 e. The molecule has 0 radical (unpaired) electrons. The highest BCUT2D eigenvalue weighted by molar-refractivity contribution is 5.27. The van der Waals surface area contributed by atoms with Gasteiger partial charge in [0.2, 0.25) is 0 Å². The van der Waals surface area contributed by atoms with Gasteiger partial charge < -0.3 is 14.9 Å². The zero-order chi connectivity index (χ0) is 11.3. The molecule has 0 fully saturated rings. The highest BCUT2D eigenvalue weighted by Gasteiger charge is 2.21. The maximum atomic E-state index is 9.28. The van der Waals surface area contributed by atoms with Gasteiger partial charge in [0.15, 0.2) is 0 Å². The van der Waals surface area contributed by atoms with Gasteiger partial charge in [-0.2, -0.15) is 0 Å². The van der Waals surface area contributed by atoms with Gasteiger partial charge in [-0.1, -0.05) is 12.1 Å². The van der Waals surface area contributed by atoms with Crippen molar-refractivity contribution in [2.45, 2.75) is 25.4 Å². The van der Waals surface area contributed by atoms with E-state index >= 15 is 0 Å². The molecule has 1 atom stereocenters. The molecule has 1 rings (SSSR count). The number of aliphatic hydroxyl groups excluding tert-OH is 1. The van der Waals surface area contributed by atoms with Crippen molar-refractivity contribution in [1.29, 1.82) is 0 Å². The summed E-state index contributed by atoms with van der Waals surface area (Å²) in [5.74, 6) is 0.274. The molecule has 0 heterocycles. The fraction of sp³-hybridized carbons (Fsp3) is 0.500. The number of hydrogen-bond acceptors (Lipinski definition) is 3. The van der Waals surface area contributed by atoms with Crippen molar-refractivity contribution in [3.63, 3.8) is 0 Å². The summed E-state index contributed by atoms with van der Waals surface area (Å²) in [4.78, 5) is 0. The standard InChI is InChI=1S/C12H18O3/c1-12(9-13,15-2)7-6-10-4-3-5-11(14)8-10/h3-5,8,13-14H,6-7,9H2,1-2H3. The van der Waals surface area contributed by atoms with Gasteiger partial charge in [0.25, 0.3) is 0 Å². The molecule has 0 aliphatic rings. The number of hydrogen-bond donors (Lipinski definition) is 2. The van der Waals surface area contributed by atoms with Crippen molar-refractivity contribution >= 4 is 0 Å². The van der Waals surface area contributed by atoms with E-state index in [1.54, 1.807) is 19.2 Å². The first kappa shape index (κ1) is 12.0. The predicted molar refractivity (Wildman–Crippen MR) is 58.9 cm³/mol. The molecule has 0 saturated carbocycles. The van der Waals surface area contributed by atoms with Gasteiger partial charge in [-0.3, -0.25) is 0 Å². The minimum atomic E-state index is -0.495. The Labute approximate surface area is 90.3 Å². The van der Waals surface area contributed by atoms with Crippen LogP contribution >= 0.6 is 0 Å². The fourth-order valence-electron chi connectivity index (χ4n) is 1.37. The van der Waals surface area contributed by atoms with Gasteiger partial charge in [-0.05, 0) is 37.5 Å². The lowest BCUT2D eigenvalue weighted by Gasteiger charge is -2.25. The largest absolute Gasteiger partial charge is 0.508 e. The van der Waals surface area contributed by atoms with Crippen LogP contribution in [0.15, 0.2) is 24.3 Å². The van der Waals surface area contributed by atoms with E-state index in [1.807, 2.05) is 19.1 Å². The number of aliphatic hydroxyl groups is 1. The monoisotopic (exact) mass is 210 g/mol. The average molecular weight is 210 g/mol. The van der Waals surface area contributed by atoms with Crippen molar-refractivity contribution in [3.05, 3.63) is 29.8 Å². The maximum Gasteiger partial charge on any atom is 0.115 e. The summed E-state index contributed by atoms with van der Waals surface area (Å²) in [6.07, 6.45) is 1.50. The van der Waals surface area contributed by atoms with Crippen LogP contribution in [0, 0.1) is 0 Å². The molecule has 0 spiro atoms. The van der Waals surface area contributed by atoms with Crippen molar-refractivity contribution in [2.24, 2.45) is 0 Å². The third kappa shape index (κ3) is 3.53. The Bertz CT molecular complexity index is 305. The first-order valence-electron chi connectivity index (χ1n) is 5.03. The minimum Gasteiger partial charge on any atom is -0.508 e. The molecule has 0 saturated heterocycles. The van der Waals surface area contributed by atoms with E-state index in [0.29, 0.717) is 0 Å². The van der Waals surface area contributed by atoms with E-state index in [1.165, 1.54) is 0 Å². The fourth-order valence-corrected chi connectivity index (χ4v) is 1.37. The molecule has 15 heavy (non-hydrogen) atoms. The summed E-state index contributed by atoms with van der Waals surface area (Å²) in [7, 11) is 1.60. The predicted octanol–water partition coefficient (Wildman–Crippen LogP) is 1.72. The number of ether oxygens (including phenoxy) is 1. The third-order valence-electron chi connectivity index (χ3n) is 2.68. The van der Waals surface area contributed by atoms with Crippen molar-refractivity contribution in [1.82, 2.24) is 0 Å². The number of phenolic OH excluding ortho intramolecular Hbond substituents is 1.